The lowest BCUT2D eigenvalue weighted by molar-refractivity contribution is -0.136. The first-order valence-corrected chi connectivity index (χ1v) is 5.23. The second-order valence-electron chi connectivity index (χ2n) is 4.11. The van der Waals surface area contributed by atoms with Crippen LogP contribution >= 0.6 is 0 Å². The van der Waals surface area contributed by atoms with E-state index in [4.69, 9.17) is 0 Å². The average Bonchev–Trinajstić information content (AvgIpc) is 2.14. The zero-order valence-corrected chi connectivity index (χ0v) is 9.62. The van der Waals surface area contributed by atoms with Crippen LogP contribution in [0.5, 0.6) is 0 Å². The van der Waals surface area contributed by atoms with Crippen molar-refractivity contribution >= 4 is 11.8 Å². The van der Waals surface area contributed by atoms with Gasteiger partial charge in [0.15, 0.2) is 0 Å². The molecule has 1 N–H and O–H groups in total. The number of likely N-dealkylation sites (N-methyl/N-ethyl adjacent to an activating group) is 1. The van der Waals surface area contributed by atoms with E-state index >= 15 is 0 Å². The molecule has 5 heteroatoms. The summed E-state index contributed by atoms with van der Waals surface area (Å²) in [5, 5.41) is 2.53. The highest BCUT2D eigenvalue weighted by atomic mass is 16.2. The quantitative estimate of drug-likeness (QED) is 0.659. The predicted octanol–water partition coefficient (Wildman–Crippen LogP) is -0.715. The zero-order valence-electron chi connectivity index (χ0n) is 9.62. The zero-order chi connectivity index (χ0) is 11.4. The fraction of sp³-hybridized carbons (Fsp3) is 0.800. The van der Waals surface area contributed by atoms with E-state index in [1.807, 2.05) is 18.9 Å². The lowest BCUT2D eigenvalue weighted by Gasteiger charge is -2.38. The van der Waals surface area contributed by atoms with Gasteiger partial charge < -0.3 is 15.1 Å². The summed E-state index contributed by atoms with van der Waals surface area (Å²) in [6.07, 6.45) is 0. The van der Waals surface area contributed by atoms with Gasteiger partial charge in [0.25, 0.3) is 0 Å². The van der Waals surface area contributed by atoms with E-state index < -0.39 is 0 Å². The number of hydrogen-bond acceptors (Lipinski definition) is 3. The molecule has 86 valence electrons. The van der Waals surface area contributed by atoms with Crippen molar-refractivity contribution in [1.29, 1.82) is 0 Å². The molecule has 1 rings (SSSR count). The number of carbonyl (C=O) groups excluding carboxylic acids is 2. The highest BCUT2D eigenvalue weighted by Gasteiger charge is 2.25. The lowest BCUT2D eigenvalue weighted by Crippen LogP contribution is -2.54. The lowest BCUT2D eigenvalue weighted by atomic mass is 10.2. The molecule has 1 heterocycles. The third-order valence-corrected chi connectivity index (χ3v) is 2.64. The minimum Gasteiger partial charge on any atom is -0.347 e. The molecular weight excluding hydrogens is 194 g/mol. The van der Waals surface area contributed by atoms with Crippen LogP contribution in [-0.4, -0.2) is 60.9 Å². The third-order valence-electron chi connectivity index (χ3n) is 2.64. The summed E-state index contributed by atoms with van der Waals surface area (Å²) < 4.78 is 0. The van der Waals surface area contributed by atoms with Gasteiger partial charge in [-0.3, -0.25) is 9.59 Å². The number of rotatable bonds is 2. The van der Waals surface area contributed by atoms with Crippen molar-refractivity contribution in [2.24, 2.45) is 0 Å². The van der Waals surface area contributed by atoms with Crippen LogP contribution in [-0.2, 0) is 9.59 Å². The number of amides is 2. The van der Waals surface area contributed by atoms with Gasteiger partial charge in [0.05, 0.1) is 6.54 Å². The normalized spacial score (nSPS) is 22.6. The predicted molar refractivity (Wildman–Crippen MR) is 57.4 cm³/mol. The van der Waals surface area contributed by atoms with E-state index in [1.54, 1.807) is 0 Å². The molecule has 0 aromatic heterocycles. The Kier molecular flexibility index (Phi) is 4.08. The minimum atomic E-state index is -0.162. The summed E-state index contributed by atoms with van der Waals surface area (Å²) >= 11 is 0. The fourth-order valence-corrected chi connectivity index (χ4v) is 1.81. The van der Waals surface area contributed by atoms with Gasteiger partial charge in [-0.05, 0) is 14.0 Å². The first-order chi connectivity index (χ1) is 7.00. The first-order valence-electron chi connectivity index (χ1n) is 5.23. The molecule has 1 atom stereocenters. The maximum absolute atomic E-state index is 11.7. The van der Waals surface area contributed by atoms with Crippen LogP contribution in [0.1, 0.15) is 13.8 Å². The molecular formula is C10H19N3O2. The molecule has 0 aromatic carbocycles. The van der Waals surface area contributed by atoms with Crippen LogP contribution in [0, 0.1) is 0 Å². The van der Waals surface area contributed by atoms with Crippen molar-refractivity contribution < 1.29 is 9.59 Å². The maximum Gasteiger partial charge on any atom is 0.242 e. The summed E-state index contributed by atoms with van der Waals surface area (Å²) in [6.45, 7) is 6.10. The van der Waals surface area contributed by atoms with Crippen molar-refractivity contribution in [3.05, 3.63) is 0 Å². The molecule has 0 aromatic rings. The minimum absolute atomic E-state index is 0.00537. The summed E-state index contributed by atoms with van der Waals surface area (Å²) in [6, 6.07) is 0.227. The topological polar surface area (TPSA) is 52.7 Å². The first kappa shape index (κ1) is 12.0. The van der Waals surface area contributed by atoms with E-state index in [2.05, 4.69) is 10.2 Å². The molecule has 1 aliphatic heterocycles. The highest BCUT2D eigenvalue weighted by Crippen LogP contribution is 2.07. The van der Waals surface area contributed by atoms with Gasteiger partial charge in [-0.25, -0.2) is 0 Å². The summed E-state index contributed by atoms with van der Waals surface area (Å²) in [5.41, 5.74) is 0. The van der Waals surface area contributed by atoms with Crippen molar-refractivity contribution in [3.63, 3.8) is 0 Å². The Balaban J connectivity index is 2.42. The summed E-state index contributed by atoms with van der Waals surface area (Å²) in [4.78, 5) is 26.4. The molecule has 5 nitrogen and oxygen atoms in total. The van der Waals surface area contributed by atoms with Gasteiger partial charge in [0.2, 0.25) is 11.8 Å². The highest BCUT2D eigenvalue weighted by molar-refractivity contribution is 5.83. The van der Waals surface area contributed by atoms with Crippen LogP contribution in [0.3, 0.4) is 0 Å². The molecule has 0 radical (unpaired) electrons. The van der Waals surface area contributed by atoms with Crippen LogP contribution in [0.4, 0.5) is 0 Å². The third kappa shape index (κ3) is 3.51. The number of nitrogens with one attached hydrogen (secondary N) is 1. The second kappa shape index (κ2) is 5.11. The van der Waals surface area contributed by atoms with Crippen LogP contribution < -0.4 is 5.32 Å². The average molecular weight is 213 g/mol. The molecule has 15 heavy (non-hydrogen) atoms. The Morgan fingerprint density at radius 3 is 2.60 bits per heavy atom. The van der Waals surface area contributed by atoms with Gasteiger partial charge in [-0.2, -0.15) is 0 Å². The van der Waals surface area contributed by atoms with Gasteiger partial charge in [-0.1, -0.05) is 0 Å². The molecule has 1 saturated heterocycles. The number of carbonyl (C=O) groups is 2. The molecule has 1 unspecified atom stereocenters. The monoisotopic (exact) mass is 213 g/mol. The van der Waals surface area contributed by atoms with E-state index in [9.17, 15) is 9.59 Å². The van der Waals surface area contributed by atoms with Crippen LogP contribution in [0.2, 0.25) is 0 Å². The summed E-state index contributed by atoms with van der Waals surface area (Å²) in [7, 11) is 2.05. The number of nitrogens with zero attached hydrogens (tertiary/aromatic N) is 2. The van der Waals surface area contributed by atoms with Crippen molar-refractivity contribution in [2.45, 2.75) is 19.9 Å². The van der Waals surface area contributed by atoms with Gasteiger partial charge in [0, 0.05) is 32.6 Å². The number of hydrogen-bond donors (Lipinski definition) is 1. The van der Waals surface area contributed by atoms with Crippen LogP contribution in [0.15, 0.2) is 0 Å². The standard InChI is InChI=1S/C10H19N3O2/c1-8-7-12(3)4-5-13(8)10(15)6-11-9(2)14/h8H,4-7H2,1-3H3,(H,11,14). The SMILES string of the molecule is CC(=O)NCC(=O)N1CCN(C)CC1C. The van der Waals surface area contributed by atoms with E-state index in [-0.39, 0.29) is 24.4 Å². The summed E-state index contributed by atoms with van der Waals surface area (Å²) in [5.74, 6) is -0.157. The van der Waals surface area contributed by atoms with Crippen LogP contribution in [0.25, 0.3) is 0 Å². The molecule has 2 amide bonds. The molecule has 0 spiro atoms. The molecule has 0 aliphatic carbocycles. The van der Waals surface area contributed by atoms with Crippen molar-refractivity contribution in [3.8, 4) is 0 Å². The van der Waals surface area contributed by atoms with Crippen molar-refractivity contribution in [2.75, 3.05) is 33.2 Å². The van der Waals surface area contributed by atoms with E-state index in [1.165, 1.54) is 6.92 Å². The Labute approximate surface area is 90.4 Å². The Hall–Kier alpha value is -1.10. The fourth-order valence-electron chi connectivity index (χ4n) is 1.81. The number of piperazine rings is 1. The van der Waals surface area contributed by atoms with E-state index in [0.29, 0.717) is 0 Å². The largest absolute Gasteiger partial charge is 0.347 e. The molecule has 1 fully saturated rings. The molecule has 1 aliphatic rings. The van der Waals surface area contributed by atoms with Gasteiger partial charge >= 0.3 is 0 Å². The Bertz CT molecular complexity index is 255. The second-order valence-corrected chi connectivity index (χ2v) is 4.11. The molecule has 0 bridgehead atoms. The van der Waals surface area contributed by atoms with Gasteiger partial charge in [-0.15, -0.1) is 0 Å². The maximum atomic E-state index is 11.7. The Morgan fingerprint density at radius 2 is 2.07 bits per heavy atom. The molecule has 0 saturated carbocycles. The smallest absolute Gasteiger partial charge is 0.242 e. The van der Waals surface area contributed by atoms with Crippen molar-refractivity contribution in [1.82, 2.24) is 15.1 Å². The van der Waals surface area contributed by atoms with Gasteiger partial charge in [0.1, 0.15) is 0 Å². The van der Waals surface area contributed by atoms with E-state index in [0.717, 1.165) is 19.6 Å². The Morgan fingerprint density at radius 1 is 1.40 bits per heavy atom.